The van der Waals surface area contributed by atoms with Crippen LogP contribution in [0.4, 0.5) is 0 Å². The van der Waals surface area contributed by atoms with Gasteiger partial charge in [-0.25, -0.2) is 0 Å². The summed E-state index contributed by atoms with van der Waals surface area (Å²) in [6, 6.07) is 0. The number of hydrogen-bond donors (Lipinski definition) is 0. The third-order valence-electron chi connectivity index (χ3n) is 6.21. The Bertz CT molecular complexity index is 206. The third kappa shape index (κ3) is 12.1. The Morgan fingerprint density at radius 2 is 0.520 bits per heavy atom. The van der Waals surface area contributed by atoms with Crippen LogP contribution in [0.3, 0.4) is 0 Å². The highest BCUT2D eigenvalue weighted by molar-refractivity contribution is 4.78. The predicted molar refractivity (Wildman–Crippen MR) is 120 cm³/mol. The van der Waals surface area contributed by atoms with Crippen LogP contribution in [0.5, 0.6) is 0 Å². The molecule has 0 aliphatic rings. The highest BCUT2D eigenvalue weighted by Gasteiger charge is 2.26. The molecule has 0 atom stereocenters. The third-order valence-corrected chi connectivity index (χ3v) is 6.21. The van der Waals surface area contributed by atoms with E-state index in [2.05, 4.69) is 55.4 Å². The first-order valence-corrected chi connectivity index (χ1v) is 12.0. The Kier molecular flexibility index (Phi) is 19.0. The van der Waals surface area contributed by atoms with Crippen molar-refractivity contribution in [3.05, 3.63) is 0 Å². The van der Waals surface area contributed by atoms with Gasteiger partial charge >= 0.3 is 0 Å². The van der Waals surface area contributed by atoms with Crippen molar-refractivity contribution in [2.24, 2.45) is 10.8 Å². The van der Waals surface area contributed by atoms with Gasteiger partial charge in [-0.05, 0) is 55.8 Å². The van der Waals surface area contributed by atoms with Crippen LogP contribution >= 0.6 is 0 Å². The minimum absolute atomic E-state index is 0.693. The zero-order chi connectivity index (χ0) is 19.6. The lowest BCUT2D eigenvalue weighted by Crippen LogP contribution is -2.20. The first kappa shape index (κ1) is 27.2. The molecule has 0 fully saturated rings. The average molecular weight is 355 g/mol. The van der Waals surface area contributed by atoms with Crippen molar-refractivity contribution >= 4 is 0 Å². The molecule has 0 unspecified atom stereocenters. The van der Waals surface area contributed by atoms with E-state index in [1.165, 1.54) is 96.3 Å². The molecule has 0 saturated carbocycles. The first-order valence-electron chi connectivity index (χ1n) is 12.0. The van der Waals surface area contributed by atoms with Crippen molar-refractivity contribution in [1.82, 2.24) is 0 Å². The first-order chi connectivity index (χ1) is 12.0. The lowest BCUT2D eigenvalue weighted by atomic mass is 9.72. The van der Waals surface area contributed by atoms with Gasteiger partial charge in [-0.1, -0.05) is 107 Å². The summed E-state index contributed by atoms with van der Waals surface area (Å²) in [4.78, 5) is 0. The van der Waals surface area contributed by atoms with E-state index >= 15 is 0 Å². The maximum absolute atomic E-state index is 2.36. The molecule has 0 aromatic heterocycles. The summed E-state index contributed by atoms with van der Waals surface area (Å²) < 4.78 is 0. The topological polar surface area (TPSA) is 0 Å². The molecule has 0 aromatic carbocycles. The van der Waals surface area contributed by atoms with Gasteiger partial charge in [-0.15, -0.1) is 0 Å². The lowest BCUT2D eigenvalue weighted by Gasteiger charge is -2.33. The molecule has 0 aromatic rings. The smallest absolute Gasteiger partial charge is 0.0298 e. The molecule has 0 aliphatic heterocycles. The van der Waals surface area contributed by atoms with E-state index in [0.29, 0.717) is 10.8 Å². The quantitative estimate of drug-likeness (QED) is 0.274. The summed E-state index contributed by atoms with van der Waals surface area (Å²) in [6.07, 6.45) is 21.0. The molecule has 0 aliphatic carbocycles. The second kappa shape index (κ2) is 17.4. The molecule has 0 saturated heterocycles. The van der Waals surface area contributed by atoms with Crippen molar-refractivity contribution in [2.45, 2.75) is 152 Å². The zero-order valence-corrected chi connectivity index (χ0v) is 19.6. The molecule has 25 heavy (non-hydrogen) atoms. The summed E-state index contributed by atoms with van der Waals surface area (Å²) >= 11 is 0. The van der Waals surface area contributed by atoms with Crippen molar-refractivity contribution in [3.8, 4) is 0 Å². The van der Waals surface area contributed by atoms with Crippen LogP contribution in [0.15, 0.2) is 0 Å². The largest absolute Gasteiger partial charge is 0.0654 e. The molecule has 0 radical (unpaired) electrons. The monoisotopic (exact) mass is 354 g/mol. The summed E-state index contributed by atoms with van der Waals surface area (Å²) in [5.74, 6) is 0. The SMILES string of the molecule is CCCC(CC)(CCC)CCC.CCCC(CCC)(CCC)CCC. The van der Waals surface area contributed by atoms with Gasteiger partial charge in [0.05, 0.1) is 0 Å². The van der Waals surface area contributed by atoms with E-state index in [4.69, 9.17) is 0 Å². The molecule has 0 heteroatoms. The maximum Gasteiger partial charge on any atom is -0.0298 e. The van der Waals surface area contributed by atoms with Gasteiger partial charge < -0.3 is 0 Å². The Morgan fingerprint density at radius 1 is 0.320 bits per heavy atom. The van der Waals surface area contributed by atoms with Gasteiger partial charge in [-0.3, -0.25) is 0 Å². The van der Waals surface area contributed by atoms with Crippen LogP contribution in [0.2, 0.25) is 0 Å². The fraction of sp³-hybridized carbons (Fsp3) is 1.00. The zero-order valence-electron chi connectivity index (χ0n) is 19.6. The Morgan fingerprint density at radius 3 is 0.680 bits per heavy atom. The molecule has 0 nitrogen and oxygen atoms in total. The van der Waals surface area contributed by atoms with E-state index in [0.717, 1.165) is 0 Å². The van der Waals surface area contributed by atoms with Crippen LogP contribution in [0.25, 0.3) is 0 Å². The summed E-state index contributed by atoms with van der Waals surface area (Å²) in [5, 5.41) is 0. The lowest BCUT2D eigenvalue weighted by molar-refractivity contribution is 0.190. The molecule has 0 amide bonds. The number of hydrogen-bond acceptors (Lipinski definition) is 0. The van der Waals surface area contributed by atoms with Crippen LogP contribution in [-0.2, 0) is 0 Å². The van der Waals surface area contributed by atoms with Crippen LogP contribution < -0.4 is 0 Å². The normalized spacial score (nSPS) is 12.0. The Balaban J connectivity index is 0. The molecule has 0 bridgehead atoms. The van der Waals surface area contributed by atoms with Crippen molar-refractivity contribution in [1.29, 1.82) is 0 Å². The van der Waals surface area contributed by atoms with Crippen molar-refractivity contribution in [2.75, 3.05) is 0 Å². The fourth-order valence-electron chi connectivity index (χ4n) is 5.37. The predicted octanol–water partition coefficient (Wildman–Crippen LogP) is 9.96. The van der Waals surface area contributed by atoms with E-state index in [-0.39, 0.29) is 0 Å². The van der Waals surface area contributed by atoms with Gasteiger partial charge in [0, 0.05) is 0 Å². The molecule has 154 valence electrons. The molecular weight excluding hydrogens is 300 g/mol. The van der Waals surface area contributed by atoms with Gasteiger partial charge in [0.15, 0.2) is 0 Å². The van der Waals surface area contributed by atoms with Crippen molar-refractivity contribution in [3.63, 3.8) is 0 Å². The number of rotatable bonds is 15. The van der Waals surface area contributed by atoms with E-state index < -0.39 is 0 Å². The van der Waals surface area contributed by atoms with E-state index in [1.54, 1.807) is 0 Å². The minimum atomic E-state index is 0.693. The van der Waals surface area contributed by atoms with Crippen LogP contribution in [-0.4, -0.2) is 0 Å². The fourth-order valence-corrected chi connectivity index (χ4v) is 5.37. The van der Waals surface area contributed by atoms with Gasteiger partial charge in [0.25, 0.3) is 0 Å². The molecule has 0 heterocycles. The standard InChI is InChI=1S/C13H28.C12H26/c1-5-9-13(10-6-2,11-7-3)12-8-4;1-5-9-12(8-4,10-6-2)11-7-3/h5-12H2,1-4H3;5-11H2,1-4H3. The van der Waals surface area contributed by atoms with Gasteiger partial charge in [0.1, 0.15) is 0 Å². The second-order valence-corrected chi connectivity index (χ2v) is 8.60. The highest BCUT2D eigenvalue weighted by Crippen LogP contribution is 2.39. The summed E-state index contributed by atoms with van der Waals surface area (Å²) in [5.41, 5.74) is 1.39. The molecule has 0 rings (SSSR count). The van der Waals surface area contributed by atoms with E-state index in [1.807, 2.05) is 0 Å². The average Bonchev–Trinajstić information content (AvgIpc) is 2.57. The Labute approximate surface area is 163 Å². The van der Waals surface area contributed by atoms with Crippen molar-refractivity contribution < 1.29 is 0 Å². The maximum atomic E-state index is 2.36. The van der Waals surface area contributed by atoms with Crippen LogP contribution in [0.1, 0.15) is 152 Å². The van der Waals surface area contributed by atoms with E-state index in [9.17, 15) is 0 Å². The Hall–Kier alpha value is 0. The molecule has 0 N–H and O–H groups in total. The summed E-state index contributed by atoms with van der Waals surface area (Å²) in [7, 11) is 0. The molecule has 0 spiro atoms. The minimum Gasteiger partial charge on any atom is -0.0654 e. The van der Waals surface area contributed by atoms with Gasteiger partial charge in [0.2, 0.25) is 0 Å². The highest BCUT2D eigenvalue weighted by atomic mass is 14.3. The summed E-state index contributed by atoms with van der Waals surface area (Å²) in [6.45, 7) is 18.6. The molecular formula is C25H54. The van der Waals surface area contributed by atoms with Crippen LogP contribution in [0, 0.1) is 10.8 Å². The van der Waals surface area contributed by atoms with Gasteiger partial charge in [-0.2, -0.15) is 0 Å². The second-order valence-electron chi connectivity index (χ2n) is 8.60.